The van der Waals surface area contributed by atoms with E-state index in [9.17, 15) is 4.79 Å². The van der Waals surface area contributed by atoms with Gasteiger partial charge in [-0.15, -0.1) is 0 Å². The molecule has 0 aromatic carbocycles. The van der Waals surface area contributed by atoms with Gasteiger partial charge in [0.05, 0.1) is 7.11 Å². The predicted molar refractivity (Wildman–Crippen MR) is 53.6 cm³/mol. The van der Waals surface area contributed by atoms with Gasteiger partial charge in [0.15, 0.2) is 0 Å². The van der Waals surface area contributed by atoms with Gasteiger partial charge in [-0.3, -0.25) is 4.79 Å². The zero-order chi connectivity index (χ0) is 10.7. The summed E-state index contributed by atoms with van der Waals surface area (Å²) in [4.78, 5) is 11.0. The summed E-state index contributed by atoms with van der Waals surface area (Å²) in [7, 11) is 1.32. The molecule has 14 heavy (non-hydrogen) atoms. The molecule has 0 saturated carbocycles. The smallest absolute Gasteiger partial charge is 0.325 e. The normalized spacial score (nSPS) is 9.57. The highest BCUT2D eigenvalue weighted by Gasteiger charge is 2.12. The lowest BCUT2D eigenvalue weighted by Gasteiger charge is -2.05. The number of rotatable bonds is 2. The third-order valence-corrected chi connectivity index (χ3v) is 2.74. The van der Waals surface area contributed by atoms with Crippen LogP contribution < -0.4 is 0 Å². The number of carbonyl (C=O) groups excluding carboxylic acids is 1. The molecule has 4 nitrogen and oxygen atoms in total. The van der Waals surface area contributed by atoms with Crippen molar-refractivity contribution in [2.45, 2.75) is 13.5 Å². The quantitative estimate of drug-likeness (QED) is 0.756. The van der Waals surface area contributed by atoms with Crippen LogP contribution in [0, 0.1) is 18.3 Å². The van der Waals surface area contributed by atoms with E-state index in [4.69, 9.17) is 5.26 Å². The monoisotopic (exact) mass is 256 g/mol. The van der Waals surface area contributed by atoms with Gasteiger partial charge in [-0.1, -0.05) is 0 Å². The molecule has 0 aliphatic carbocycles. The Hall–Kier alpha value is -1.28. The molecule has 0 amide bonds. The number of ether oxygens (including phenoxy) is 1. The van der Waals surface area contributed by atoms with Gasteiger partial charge < -0.3 is 9.30 Å². The maximum absolute atomic E-state index is 11.0. The van der Waals surface area contributed by atoms with Crippen molar-refractivity contribution in [1.29, 1.82) is 5.26 Å². The van der Waals surface area contributed by atoms with Crippen LogP contribution in [0.25, 0.3) is 0 Å². The van der Waals surface area contributed by atoms with E-state index in [-0.39, 0.29) is 12.5 Å². The molecular weight excluding hydrogens is 248 g/mol. The minimum absolute atomic E-state index is 0.0663. The molecule has 1 aromatic heterocycles. The Balaban J connectivity index is 3.07. The van der Waals surface area contributed by atoms with Gasteiger partial charge in [0, 0.05) is 10.2 Å². The van der Waals surface area contributed by atoms with Gasteiger partial charge in [0.25, 0.3) is 0 Å². The zero-order valence-corrected chi connectivity index (χ0v) is 9.46. The first-order valence-corrected chi connectivity index (χ1v) is 4.72. The summed E-state index contributed by atoms with van der Waals surface area (Å²) in [5.41, 5.74) is 1.28. The number of aromatic nitrogens is 1. The summed E-state index contributed by atoms with van der Waals surface area (Å²) < 4.78 is 6.96. The average Bonchev–Trinajstić information content (AvgIpc) is 2.45. The average molecular weight is 257 g/mol. The molecule has 1 heterocycles. The molecule has 0 bridgehead atoms. The van der Waals surface area contributed by atoms with Gasteiger partial charge >= 0.3 is 5.97 Å². The lowest BCUT2D eigenvalue weighted by molar-refractivity contribution is -0.141. The number of halogens is 1. The van der Waals surface area contributed by atoms with E-state index < -0.39 is 0 Å². The fraction of sp³-hybridized carbons (Fsp3) is 0.333. The van der Waals surface area contributed by atoms with Crippen molar-refractivity contribution in [2.24, 2.45) is 0 Å². The molecular formula is C9H9BrN2O2. The zero-order valence-electron chi connectivity index (χ0n) is 7.87. The van der Waals surface area contributed by atoms with Gasteiger partial charge in [-0.05, 0) is 28.9 Å². The molecule has 0 fully saturated rings. The van der Waals surface area contributed by atoms with Crippen LogP contribution in [0.1, 0.15) is 11.4 Å². The number of methoxy groups -OCH3 is 1. The largest absolute Gasteiger partial charge is 0.468 e. The van der Waals surface area contributed by atoms with Crippen LogP contribution in [-0.4, -0.2) is 17.6 Å². The van der Waals surface area contributed by atoms with E-state index in [2.05, 4.69) is 20.7 Å². The highest BCUT2D eigenvalue weighted by molar-refractivity contribution is 9.10. The van der Waals surface area contributed by atoms with Crippen LogP contribution in [0.15, 0.2) is 10.5 Å². The second-order valence-corrected chi connectivity index (χ2v) is 3.59. The number of nitriles is 1. The summed E-state index contributed by atoms with van der Waals surface area (Å²) >= 11 is 3.30. The molecule has 1 aromatic rings. The van der Waals surface area contributed by atoms with E-state index in [1.54, 1.807) is 10.6 Å². The van der Waals surface area contributed by atoms with Crippen LogP contribution in [-0.2, 0) is 16.1 Å². The minimum Gasteiger partial charge on any atom is -0.468 e. The molecule has 0 radical (unpaired) electrons. The standard InChI is InChI=1S/C9H9BrN2O2/c1-6-8(10)3-7(4-11)12(6)5-9(13)14-2/h3H,5H2,1-2H3. The first kappa shape index (κ1) is 10.8. The molecule has 0 aliphatic heterocycles. The number of esters is 1. The maximum Gasteiger partial charge on any atom is 0.325 e. The van der Waals surface area contributed by atoms with Gasteiger partial charge in [0.1, 0.15) is 18.3 Å². The highest BCUT2D eigenvalue weighted by atomic mass is 79.9. The van der Waals surface area contributed by atoms with Crippen molar-refractivity contribution in [3.8, 4) is 6.07 Å². The SMILES string of the molecule is COC(=O)Cn1c(C#N)cc(Br)c1C. The molecule has 0 aliphatic rings. The van der Waals surface area contributed by atoms with Crippen LogP contribution in [0.2, 0.25) is 0 Å². The van der Waals surface area contributed by atoms with E-state index in [1.807, 2.05) is 13.0 Å². The number of carbonyl (C=O) groups is 1. The first-order chi connectivity index (χ1) is 6.60. The fourth-order valence-electron chi connectivity index (χ4n) is 1.10. The lowest BCUT2D eigenvalue weighted by Crippen LogP contribution is -2.13. The Kier molecular flexibility index (Phi) is 3.31. The predicted octanol–water partition coefficient (Wildman–Crippen LogP) is 1.60. The van der Waals surface area contributed by atoms with E-state index in [0.29, 0.717) is 5.69 Å². The van der Waals surface area contributed by atoms with Crippen LogP contribution >= 0.6 is 15.9 Å². The molecule has 0 unspecified atom stereocenters. The lowest BCUT2D eigenvalue weighted by atomic mass is 10.4. The summed E-state index contributed by atoms with van der Waals surface area (Å²) in [6.45, 7) is 1.89. The van der Waals surface area contributed by atoms with Gasteiger partial charge in [-0.25, -0.2) is 0 Å². The van der Waals surface area contributed by atoms with Crippen molar-refractivity contribution in [2.75, 3.05) is 7.11 Å². The van der Waals surface area contributed by atoms with E-state index >= 15 is 0 Å². The Labute approximate surface area is 90.2 Å². The first-order valence-electron chi connectivity index (χ1n) is 3.92. The van der Waals surface area contributed by atoms with Crippen LogP contribution in [0.4, 0.5) is 0 Å². The fourth-order valence-corrected chi connectivity index (χ4v) is 1.53. The minimum atomic E-state index is -0.368. The summed E-state index contributed by atoms with van der Waals surface area (Å²) in [6, 6.07) is 3.69. The Morgan fingerprint density at radius 1 is 1.79 bits per heavy atom. The van der Waals surface area contributed by atoms with Crippen molar-refractivity contribution < 1.29 is 9.53 Å². The summed E-state index contributed by atoms with van der Waals surface area (Å²) in [5, 5.41) is 8.80. The van der Waals surface area contributed by atoms with E-state index in [0.717, 1.165) is 10.2 Å². The Morgan fingerprint density at radius 2 is 2.43 bits per heavy atom. The molecule has 0 N–H and O–H groups in total. The molecule has 0 saturated heterocycles. The third kappa shape index (κ3) is 1.96. The Morgan fingerprint density at radius 3 is 2.93 bits per heavy atom. The molecule has 74 valence electrons. The van der Waals surface area contributed by atoms with Crippen molar-refractivity contribution >= 4 is 21.9 Å². The van der Waals surface area contributed by atoms with Gasteiger partial charge in [0.2, 0.25) is 0 Å². The third-order valence-electron chi connectivity index (χ3n) is 1.93. The van der Waals surface area contributed by atoms with E-state index in [1.165, 1.54) is 7.11 Å². The molecule has 0 spiro atoms. The van der Waals surface area contributed by atoms with Crippen molar-refractivity contribution in [1.82, 2.24) is 4.57 Å². The van der Waals surface area contributed by atoms with Crippen molar-refractivity contribution in [3.63, 3.8) is 0 Å². The number of hydrogen-bond acceptors (Lipinski definition) is 3. The topological polar surface area (TPSA) is 55.0 Å². The Bertz CT molecular complexity index is 404. The second-order valence-electron chi connectivity index (χ2n) is 2.74. The summed E-state index contributed by atoms with van der Waals surface area (Å²) in [5.74, 6) is -0.368. The number of hydrogen-bond donors (Lipinski definition) is 0. The van der Waals surface area contributed by atoms with Gasteiger partial charge in [-0.2, -0.15) is 5.26 Å². The van der Waals surface area contributed by atoms with Crippen molar-refractivity contribution in [3.05, 3.63) is 21.9 Å². The molecule has 5 heteroatoms. The molecule has 0 atom stereocenters. The van der Waals surface area contributed by atoms with Crippen LogP contribution in [0.5, 0.6) is 0 Å². The van der Waals surface area contributed by atoms with Crippen LogP contribution in [0.3, 0.4) is 0 Å². The number of nitrogens with zero attached hydrogens (tertiary/aromatic N) is 2. The second kappa shape index (κ2) is 4.29. The highest BCUT2D eigenvalue weighted by Crippen LogP contribution is 2.20. The maximum atomic E-state index is 11.0. The summed E-state index contributed by atoms with van der Waals surface area (Å²) in [6.07, 6.45) is 0. The molecule has 1 rings (SSSR count).